The van der Waals surface area contributed by atoms with E-state index < -0.39 is 6.10 Å². The van der Waals surface area contributed by atoms with Crippen molar-refractivity contribution in [1.82, 2.24) is 0 Å². The van der Waals surface area contributed by atoms with Crippen LogP contribution < -0.4 is 0 Å². The Morgan fingerprint density at radius 1 is 1.53 bits per heavy atom. The normalized spacial score (nSPS) is 21.9. The van der Waals surface area contributed by atoms with E-state index >= 15 is 0 Å². The third kappa shape index (κ3) is 4.12. The lowest BCUT2D eigenvalue weighted by Gasteiger charge is -2.32. The lowest BCUT2D eigenvalue weighted by atomic mass is 9.72. The standard InChI is InChI=1S/C15H24O2/c1-11-6-5-9-15(3,4)14(11)8-7-13(17)10-12(2)16/h7-8,12,16H,5-6,9-10H2,1-4H3/b8-7+/t12-/m1/s1. The summed E-state index contributed by atoms with van der Waals surface area (Å²) >= 11 is 0. The molecule has 0 bridgehead atoms. The van der Waals surface area contributed by atoms with Gasteiger partial charge in [-0.15, -0.1) is 0 Å². The first-order valence-electron chi connectivity index (χ1n) is 6.42. The van der Waals surface area contributed by atoms with E-state index in [1.165, 1.54) is 24.0 Å². The molecule has 2 heteroatoms. The van der Waals surface area contributed by atoms with Crippen LogP contribution in [0.2, 0.25) is 0 Å². The van der Waals surface area contributed by atoms with Gasteiger partial charge in [-0.3, -0.25) is 4.79 Å². The smallest absolute Gasteiger partial charge is 0.158 e. The predicted octanol–water partition coefficient (Wildman–Crippen LogP) is 3.41. The quantitative estimate of drug-likeness (QED) is 0.759. The third-order valence-corrected chi connectivity index (χ3v) is 3.47. The summed E-state index contributed by atoms with van der Waals surface area (Å²) in [5.41, 5.74) is 2.86. The molecule has 2 nitrogen and oxygen atoms in total. The molecule has 1 aliphatic carbocycles. The van der Waals surface area contributed by atoms with Crippen LogP contribution in [0.1, 0.15) is 53.4 Å². The highest BCUT2D eigenvalue weighted by atomic mass is 16.3. The van der Waals surface area contributed by atoms with Gasteiger partial charge in [-0.1, -0.05) is 25.5 Å². The zero-order chi connectivity index (χ0) is 13.1. The second-order valence-corrected chi connectivity index (χ2v) is 5.78. The summed E-state index contributed by atoms with van der Waals surface area (Å²) in [6.07, 6.45) is 6.78. The number of hydrogen-bond donors (Lipinski definition) is 1. The van der Waals surface area contributed by atoms with Gasteiger partial charge in [-0.25, -0.2) is 0 Å². The SMILES string of the molecule is CC1=C(/C=C/C(=O)C[C@@H](C)O)C(C)(C)CCC1. The van der Waals surface area contributed by atoms with Crippen molar-refractivity contribution in [3.8, 4) is 0 Å². The number of carbonyl (C=O) groups is 1. The van der Waals surface area contributed by atoms with Gasteiger partial charge in [0.05, 0.1) is 6.10 Å². The molecule has 1 N–H and O–H groups in total. The Morgan fingerprint density at radius 2 is 2.18 bits per heavy atom. The van der Waals surface area contributed by atoms with Crippen molar-refractivity contribution in [1.29, 1.82) is 0 Å². The fraction of sp³-hybridized carbons (Fsp3) is 0.667. The van der Waals surface area contributed by atoms with Crippen molar-refractivity contribution < 1.29 is 9.90 Å². The van der Waals surface area contributed by atoms with Gasteiger partial charge in [-0.2, -0.15) is 0 Å². The maximum Gasteiger partial charge on any atom is 0.158 e. The van der Waals surface area contributed by atoms with E-state index in [2.05, 4.69) is 20.8 Å². The molecule has 17 heavy (non-hydrogen) atoms. The summed E-state index contributed by atoms with van der Waals surface area (Å²) in [4.78, 5) is 11.5. The van der Waals surface area contributed by atoms with E-state index in [0.717, 1.165) is 6.42 Å². The van der Waals surface area contributed by atoms with Crippen LogP contribution >= 0.6 is 0 Å². The lowest BCUT2D eigenvalue weighted by Crippen LogP contribution is -2.19. The number of aliphatic hydroxyl groups excluding tert-OH is 1. The van der Waals surface area contributed by atoms with Gasteiger partial charge in [0, 0.05) is 6.42 Å². The Kier molecular flexibility index (Phi) is 4.70. The van der Waals surface area contributed by atoms with Crippen molar-refractivity contribution in [3.05, 3.63) is 23.3 Å². The summed E-state index contributed by atoms with van der Waals surface area (Å²) < 4.78 is 0. The molecule has 0 unspecified atom stereocenters. The van der Waals surface area contributed by atoms with E-state index in [-0.39, 0.29) is 17.6 Å². The molecule has 96 valence electrons. The van der Waals surface area contributed by atoms with E-state index in [4.69, 9.17) is 5.11 Å². The van der Waals surface area contributed by atoms with Gasteiger partial charge in [0.1, 0.15) is 0 Å². The van der Waals surface area contributed by atoms with Gasteiger partial charge in [0.15, 0.2) is 5.78 Å². The van der Waals surface area contributed by atoms with E-state index in [9.17, 15) is 4.79 Å². The average Bonchev–Trinajstić information content (AvgIpc) is 2.14. The van der Waals surface area contributed by atoms with Crippen LogP contribution in [0.15, 0.2) is 23.3 Å². The fourth-order valence-corrected chi connectivity index (χ4v) is 2.55. The summed E-state index contributed by atoms with van der Waals surface area (Å²) in [6.45, 7) is 8.25. The van der Waals surface area contributed by atoms with Gasteiger partial charge < -0.3 is 5.11 Å². The molecule has 0 fully saturated rings. The van der Waals surface area contributed by atoms with Crippen molar-refractivity contribution >= 4 is 5.78 Å². The molecular formula is C15H24O2. The molecule has 0 saturated carbocycles. The van der Waals surface area contributed by atoms with Crippen LogP contribution in [0, 0.1) is 5.41 Å². The minimum Gasteiger partial charge on any atom is -0.393 e. The summed E-state index contributed by atoms with van der Waals surface area (Å²) in [5, 5.41) is 9.15. The zero-order valence-corrected chi connectivity index (χ0v) is 11.4. The molecule has 0 spiro atoms. The number of carbonyl (C=O) groups excluding carboxylic acids is 1. The van der Waals surface area contributed by atoms with Crippen molar-refractivity contribution in [2.45, 2.75) is 59.5 Å². The van der Waals surface area contributed by atoms with Crippen LogP contribution in [-0.2, 0) is 4.79 Å². The van der Waals surface area contributed by atoms with Gasteiger partial charge in [0.2, 0.25) is 0 Å². The number of rotatable bonds is 4. The minimum absolute atomic E-state index is 0.00155. The number of hydrogen-bond acceptors (Lipinski definition) is 2. The molecule has 0 heterocycles. The molecule has 1 rings (SSSR count). The molecule has 0 amide bonds. The summed E-state index contributed by atoms with van der Waals surface area (Å²) in [6, 6.07) is 0. The second-order valence-electron chi connectivity index (χ2n) is 5.78. The van der Waals surface area contributed by atoms with E-state index in [1.807, 2.05) is 6.08 Å². The Morgan fingerprint density at radius 3 is 2.71 bits per heavy atom. The number of allylic oxidation sites excluding steroid dienone is 4. The summed E-state index contributed by atoms with van der Waals surface area (Å²) in [7, 11) is 0. The van der Waals surface area contributed by atoms with E-state index in [0.29, 0.717) is 0 Å². The molecule has 0 aliphatic heterocycles. The molecule has 0 radical (unpaired) electrons. The minimum atomic E-state index is -0.554. The first kappa shape index (κ1) is 14.2. The maximum atomic E-state index is 11.5. The Labute approximate surface area is 104 Å². The molecule has 1 atom stereocenters. The molecule has 0 saturated heterocycles. The molecule has 1 aliphatic rings. The van der Waals surface area contributed by atoms with Gasteiger partial charge in [0.25, 0.3) is 0 Å². The summed E-state index contributed by atoms with van der Waals surface area (Å²) in [5.74, 6) is 0.00155. The van der Waals surface area contributed by atoms with Crippen LogP contribution in [0.5, 0.6) is 0 Å². The Bertz CT molecular complexity index is 346. The fourth-order valence-electron chi connectivity index (χ4n) is 2.55. The number of ketones is 1. The Hall–Kier alpha value is -0.890. The van der Waals surface area contributed by atoms with Crippen molar-refractivity contribution in [3.63, 3.8) is 0 Å². The average molecular weight is 236 g/mol. The maximum absolute atomic E-state index is 11.5. The predicted molar refractivity (Wildman–Crippen MR) is 70.8 cm³/mol. The van der Waals surface area contributed by atoms with Crippen LogP contribution in [0.4, 0.5) is 0 Å². The van der Waals surface area contributed by atoms with Gasteiger partial charge >= 0.3 is 0 Å². The zero-order valence-electron chi connectivity index (χ0n) is 11.4. The molecule has 0 aromatic rings. The highest BCUT2D eigenvalue weighted by Crippen LogP contribution is 2.40. The van der Waals surface area contributed by atoms with Crippen molar-refractivity contribution in [2.24, 2.45) is 5.41 Å². The molecule has 0 aromatic carbocycles. The largest absolute Gasteiger partial charge is 0.393 e. The number of aliphatic hydroxyl groups is 1. The highest BCUT2D eigenvalue weighted by Gasteiger charge is 2.26. The van der Waals surface area contributed by atoms with Crippen LogP contribution in [0.25, 0.3) is 0 Å². The first-order chi connectivity index (χ1) is 7.83. The Balaban J connectivity index is 2.78. The van der Waals surface area contributed by atoms with Crippen molar-refractivity contribution in [2.75, 3.05) is 0 Å². The third-order valence-electron chi connectivity index (χ3n) is 3.47. The monoisotopic (exact) mass is 236 g/mol. The van der Waals surface area contributed by atoms with Crippen LogP contribution in [0.3, 0.4) is 0 Å². The topological polar surface area (TPSA) is 37.3 Å². The molecular weight excluding hydrogens is 212 g/mol. The van der Waals surface area contributed by atoms with E-state index in [1.54, 1.807) is 13.0 Å². The van der Waals surface area contributed by atoms with Gasteiger partial charge in [-0.05, 0) is 50.2 Å². The lowest BCUT2D eigenvalue weighted by molar-refractivity contribution is -0.116. The first-order valence-corrected chi connectivity index (χ1v) is 6.42. The highest BCUT2D eigenvalue weighted by molar-refractivity contribution is 5.90. The second kappa shape index (κ2) is 5.63. The molecule has 0 aromatic heterocycles. The van der Waals surface area contributed by atoms with Crippen LogP contribution in [-0.4, -0.2) is 17.0 Å².